The summed E-state index contributed by atoms with van der Waals surface area (Å²) in [5, 5.41) is 6.76. The van der Waals surface area contributed by atoms with Crippen LogP contribution in [0.5, 0.6) is 0 Å². The lowest BCUT2D eigenvalue weighted by molar-refractivity contribution is 0.682. The van der Waals surface area contributed by atoms with Gasteiger partial charge in [0.05, 0.1) is 6.04 Å². The van der Waals surface area contributed by atoms with E-state index in [1.165, 1.54) is 11.1 Å². The largest absolute Gasteiger partial charge is 0.357 e. The normalized spacial score (nSPS) is 13.5. The average molecular weight is 273 g/mol. The molecule has 0 aliphatic carbocycles. The molecular formula is C17H27N3. The molecule has 0 aliphatic heterocycles. The molecule has 0 amide bonds. The first-order chi connectivity index (χ1) is 9.69. The number of guanidine groups is 1. The Bertz CT molecular complexity index is 449. The van der Waals surface area contributed by atoms with Crippen LogP contribution in [0.4, 0.5) is 0 Å². The second-order valence-electron chi connectivity index (χ2n) is 4.84. The SMILES string of the molecule is C/C=C/CCN=C(NCC)NC(C)c1ccccc1C. The van der Waals surface area contributed by atoms with Crippen LogP contribution in [0.15, 0.2) is 41.4 Å². The molecule has 0 bridgehead atoms. The van der Waals surface area contributed by atoms with E-state index < -0.39 is 0 Å². The second kappa shape index (κ2) is 9.18. The van der Waals surface area contributed by atoms with Crippen LogP contribution < -0.4 is 10.6 Å². The zero-order valence-corrected chi connectivity index (χ0v) is 13.1. The Kier molecular flexibility index (Phi) is 7.48. The number of allylic oxidation sites excluding steroid dienone is 1. The maximum atomic E-state index is 4.59. The first-order valence-corrected chi connectivity index (χ1v) is 7.40. The van der Waals surface area contributed by atoms with Crippen LogP contribution in [0.2, 0.25) is 0 Å². The van der Waals surface area contributed by atoms with Gasteiger partial charge >= 0.3 is 0 Å². The Morgan fingerprint density at radius 2 is 2.10 bits per heavy atom. The van der Waals surface area contributed by atoms with Gasteiger partial charge in [-0.05, 0) is 45.2 Å². The maximum Gasteiger partial charge on any atom is 0.191 e. The second-order valence-corrected chi connectivity index (χ2v) is 4.84. The van der Waals surface area contributed by atoms with Gasteiger partial charge in [-0.15, -0.1) is 0 Å². The molecule has 0 saturated heterocycles. The molecule has 1 aromatic carbocycles. The standard InChI is InChI=1S/C17H27N3/c1-5-7-10-13-19-17(18-6-2)20-15(4)16-12-9-8-11-14(16)3/h5,7-9,11-12,15H,6,10,13H2,1-4H3,(H2,18,19,20)/b7-5+. The number of aliphatic imine (C=N–C) groups is 1. The predicted molar refractivity (Wildman–Crippen MR) is 88.1 cm³/mol. The van der Waals surface area contributed by atoms with E-state index in [0.29, 0.717) is 0 Å². The zero-order valence-electron chi connectivity index (χ0n) is 13.1. The van der Waals surface area contributed by atoms with E-state index in [9.17, 15) is 0 Å². The number of nitrogens with one attached hydrogen (secondary N) is 2. The minimum absolute atomic E-state index is 0.246. The fraction of sp³-hybridized carbons (Fsp3) is 0.471. The molecule has 20 heavy (non-hydrogen) atoms. The number of benzene rings is 1. The molecular weight excluding hydrogens is 246 g/mol. The van der Waals surface area contributed by atoms with Crippen LogP contribution in [0, 0.1) is 6.92 Å². The van der Waals surface area contributed by atoms with Gasteiger partial charge in [0.15, 0.2) is 5.96 Å². The zero-order chi connectivity index (χ0) is 14.8. The van der Waals surface area contributed by atoms with Crippen molar-refractivity contribution in [2.24, 2.45) is 4.99 Å². The van der Waals surface area contributed by atoms with Gasteiger partial charge in [-0.2, -0.15) is 0 Å². The summed E-state index contributed by atoms with van der Waals surface area (Å²) in [6, 6.07) is 8.70. The van der Waals surface area contributed by atoms with Crippen LogP contribution in [-0.2, 0) is 0 Å². The van der Waals surface area contributed by atoms with Crippen LogP contribution in [0.3, 0.4) is 0 Å². The summed E-state index contributed by atoms with van der Waals surface area (Å²) in [4.78, 5) is 4.59. The van der Waals surface area contributed by atoms with Gasteiger partial charge in [-0.1, -0.05) is 36.4 Å². The van der Waals surface area contributed by atoms with Crippen molar-refractivity contribution in [1.29, 1.82) is 0 Å². The highest BCUT2D eigenvalue weighted by atomic mass is 15.2. The van der Waals surface area contributed by atoms with E-state index in [1.807, 2.05) is 6.92 Å². The first kappa shape index (κ1) is 16.3. The average Bonchev–Trinajstić information content (AvgIpc) is 2.44. The molecule has 0 aromatic heterocycles. The summed E-state index contributed by atoms with van der Waals surface area (Å²) in [6.45, 7) is 10.1. The lowest BCUT2D eigenvalue weighted by Gasteiger charge is -2.19. The Morgan fingerprint density at radius 1 is 1.35 bits per heavy atom. The molecule has 1 aromatic rings. The third-order valence-corrected chi connectivity index (χ3v) is 3.15. The fourth-order valence-electron chi connectivity index (χ4n) is 2.09. The summed E-state index contributed by atoms with van der Waals surface area (Å²) in [5.74, 6) is 0.882. The third kappa shape index (κ3) is 5.47. The van der Waals surface area contributed by atoms with Crippen LogP contribution in [-0.4, -0.2) is 19.0 Å². The molecule has 3 nitrogen and oxygen atoms in total. The van der Waals surface area contributed by atoms with Gasteiger partial charge in [-0.3, -0.25) is 4.99 Å². The summed E-state index contributed by atoms with van der Waals surface area (Å²) < 4.78 is 0. The van der Waals surface area contributed by atoms with E-state index in [0.717, 1.165) is 25.5 Å². The minimum atomic E-state index is 0.246. The van der Waals surface area contributed by atoms with Crippen LogP contribution in [0.1, 0.15) is 44.4 Å². The van der Waals surface area contributed by atoms with Crippen molar-refractivity contribution in [2.75, 3.05) is 13.1 Å². The highest BCUT2D eigenvalue weighted by Crippen LogP contribution is 2.16. The van der Waals surface area contributed by atoms with Crippen molar-refractivity contribution in [1.82, 2.24) is 10.6 Å². The molecule has 3 heteroatoms. The van der Waals surface area contributed by atoms with Crippen LogP contribution in [0.25, 0.3) is 0 Å². The third-order valence-electron chi connectivity index (χ3n) is 3.15. The Morgan fingerprint density at radius 3 is 2.75 bits per heavy atom. The Labute approximate surface area is 123 Å². The maximum absolute atomic E-state index is 4.59. The van der Waals surface area contributed by atoms with E-state index in [4.69, 9.17) is 0 Å². The number of hydrogen-bond acceptors (Lipinski definition) is 1. The summed E-state index contributed by atoms with van der Waals surface area (Å²) >= 11 is 0. The van der Waals surface area contributed by atoms with Crippen molar-refractivity contribution in [3.8, 4) is 0 Å². The monoisotopic (exact) mass is 273 g/mol. The van der Waals surface area contributed by atoms with Gasteiger partial charge in [0, 0.05) is 13.1 Å². The number of rotatable bonds is 6. The predicted octanol–water partition coefficient (Wildman–Crippen LogP) is 3.58. The highest BCUT2D eigenvalue weighted by molar-refractivity contribution is 5.80. The molecule has 2 N–H and O–H groups in total. The van der Waals surface area contributed by atoms with Gasteiger partial charge in [-0.25, -0.2) is 0 Å². The van der Waals surface area contributed by atoms with E-state index in [1.54, 1.807) is 0 Å². The number of hydrogen-bond donors (Lipinski definition) is 2. The number of nitrogens with zero attached hydrogens (tertiary/aromatic N) is 1. The van der Waals surface area contributed by atoms with Crippen LogP contribution >= 0.6 is 0 Å². The molecule has 0 saturated carbocycles. The van der Waals surface area contributed by atoms with E-state index >= 15 is 0 Å². The molecule has 110 valence electrons. The molecule has 0 spiro atoms. The molecule has 1 unspecified atom stereocenters. The molecule has 1 rings (SSSR count). The Balaban J connectivity index is 2.67. The molecule has 0 aliphatic rings. The summed E-state index contributed by atoms with van der Waals surface area (Å²) in [7, 11) is 0. The Hall–Kier alpha value is -1.77. The van der Waals surface area contributed by atoms with Crippen molar-refractivity contribution in [2.45, 2.75) is 40.2 Å². The van der Waals surface area contributed by atoms with Gasteiger partial charge in [0.1, 0.15) is 0 Å². The lowest BCUT2D eigenvalue weighted by atomic mass is 10.0. The molecule has 0 fully saturated rings. The topological polar surface area (TPSA) is 36.4 Å². The molecule has 0 heterocycles. The van der Waals surface area contributed by atoms with Gasteiger partial charge < -0.3 is 10.6 Å². The van der Waals surface area contributed by atoms with Crippen molar-refractivity contribution >= 4 is 5.96 Å². The van der Waals surface area contributed by atoms with Gasteiger partial charge in [0.25, 0.3) is 0 Å². The summed E-state index contributed by atoms with van der Waals surface area (Å²) in [6.07, 6.45) is 5.18. The first-order valence-electron chi connectivity index (χ1n) is 7.40. The fourth-order valence-corrected chi connectivity index (χ4v) is 2.09. The highest BCUT2D eigenvalue weighted by Gasteiger charge is 2.09. The molecule has 1 atom stereocenters. The molecule has 0 radical (unpaired) electrons. The van der Waals surface area contributed by atoms with E-state index in [2.05, 4.69) is 72.8 Å². The smallest absolute Gasteiger partial charge is 0.191 e. The van der Waals surface area contributed by atoms with Crippen molar-refractivity contribution in [3.63, 3.8) is 0 Å². The van der Waals surface area contributed by atoms with E-state index in [-0.39, 0.29) is 6.04 Å². The summed E-state index contributed by atoms with van der Waals surface area (Å²) in [5.41, 5.74) is 2.61. The minimum Gasteiger partial charge on any atom is -0.357 e. The quantitative estimate of drug-likeness (QED) is 0.360. The van der Waals surface area contributed by atoms with Crippen molar-refractivity contribution in [3.05, 3.63) is 47.5 Å². The lowest BCUT2D eigenvalue weighted by Crippen LogP contribution is -2.39. The van der Waals surface area contributed by atoms with Gasteiger partial charge in [0.2, 0.25) is 0 Å². The van der Waals surface area contributed by atoms with Crippen molar-refractivity contribution < 1.29 is 0 Å². The number of aryl methyl sites for hydroxylation is 1.